The van der Waals surface area contributed by atoms with Crippen molar-refractivity contribution < 1.29 is 5.11 Å². The van der Waals surface area contributed by atoms with E-state index >= 15 is 0 Å². The number of hydrogen-bond acceptors (Lipinski definition) is 5. The number of imidazole rings is 1. The van der Waals surface area contributed by atoms with E-state index in [1.165, 1.54) is 0 Å². The predicted molar refractivity (Wildman–Crippen MR) is 95.2 cm³/mol. The van der Waals surface area contributed by atoms with Gasteiger partial charge in [0, 0.05) is 25.5 Å². The lowest BCUT2D eigenvalue weighted by Crippen LogP contribution is -2.36. The molecule has 128 valence electrons. The smallest absolute Gasteiger partial charge is 0.147 e. The van der Waals surface area contributed by atoms with Crippen molar-refractivity contribution in [2.24, 2.45) is 11.8 Å². The molecule has 1 N–H and O–H groups in total. The Morgan fingerprint density at radius 1 is 1.00 bits per heavy atom. The number of hydrogen-bond donors (Lipinski definition) is 1. The predicted octanol–water partition coefficient (Wildman–Crippen LogP) is 2.27. The maximum atomic E-state index is 10.8. The van der Waals surface area contributed by atoms with E-state index in [9.17, 15) is 5.11 Å². The number of rotatable bonds is 2. The zero-order valence-electron chi connectivity index (χ0n) is 13.9. The van der Waals surface area contributed by atoms with Crippen LogP contribution in [0.4, 0.5) is 5.82 Å². The molecule has 4 atom stereocenters. The highest BCUT2D eigenvalue weighted by Gasteiger charge is 2.42. The number of benzene rings is 1. The Bertz CT molecular complexity index is 880. The van der Waals surface area contributed by atoms with Gasteiger partial charge in [0.1, 0.15) is 5.82 Å². The van der Waals surface area contributed by atoms with Crippen LogP contribution in [0.15, 0.2) is 49.2 Å². The molecule has 0 bridgehead atoms. The molecule has 5 rings (SSSR count). The summed E-state index contributed by atoms with van der Waals surface area (Å²) in [5.41, 5.74) is 2.10. The first kappa shape index (κ1) is 14.8. The molecule has 0 radical (unpaired) electrons. The van der Waals surface area contributed by atoms with Crippen LogP contribution in [0.5, 0.6) is 0 Å². The summed E-state index contributed by atoms with van der Waals surface area (Å²) in [4.78, 5) is 15.4. The highest BCUT2D eigenvalue weighted by atomic mass is 16.3. The second kappa shape index (κ2) is 5.81. The zero-order chi connectivity index (χ0) is 16.8. The van der Waals surface area contributed by atoms with E-state index in [2.05, 4.69) is 30.5 Å². The van der Waals surface area contributed by atoms with Crippen molar-refractivity contribution in [3.8, 4) is 0 Å². The van der Waals surface area contributed by atoms with Crippen LogP contribution in [0, 0.1) is 11.8 Å². The summed E-state index contributed by atoms with van der Waals surface area (Å²) in [6.07, 6.45) is 8.63. The number of para-hydroxylation sites is 2. The summed E-state index contributed by atoms with van der Waals surface area (Å²) in [5.74, 6) is 2.02. The van der Waals surface area contributed by atoms with Gasteiger partial charge in [-0.3, -0.25) is 4.98 Å². The first-order valence-electron chi connectivity index (χ1n) is 8.90. The molecule has 0 unspecified atom stereocenters. The summed E-state index contributed by atoms with van der Waals surface area (Å²) in [6, 6.07) is 8.24. The molecule has 3 heterocycles. The van der Waals surface area contributed by atoms with E-state index in [1.54, 1.807) is 12.4 Å². The van der Waals surface area contributed by atoms with E-state index in [0.29, 0.717) is 11.8 Å². The Balaban J connectivity index is 1.41. The van der Waals surface area contributed by atoms with Gasteiger partial charge in [-0.1, -0.05) is 12.1 Å². The molecule has 2 aliphatic rings. The molecule has 0 amide bonds. The molecule has 3 aromatic rings. The monoisotopic (exact) mass is 335 g/mol. The zero-order valence-corrected chi connectivity index (χ0v) is 13.9. The van der Waals surface area contributed by atoms with E-state index in [0.717, 1.165) is 42.8 Å². The fraction of sp³-hybridized carbons (Fsp3) is 0.421. The molecule has 6 heteroatoms. The molecule has 1 saturated heterocycles. The van der Waals surface area contributed by atoms with E-state index < -0.39 is 0 Å². The summed E-state index contributed by atoms with van der Waals surface area (Å²) in [7, 11) is 0. The number of nitrogens with zero attached hydrogens (tertiary/aromatic N) is 5. The molecule has 1 aromatic carbocycles. The Kier molecular flexibility index (Phi) is 3.45. The maximum absolute atomic E-state index is 10.8. The standard InChI is InChI=1S/C19H21N5O/c25-18-8-14-11-23(19-9-20-5-6-21-19)10-13(14)7-17(18)24-12-22-15-3-1-2-4-16(15)24/h1-6,9,12-14,17-18,25H,7-8,10-11H2/t13-,14+,17-,18-/m1/s1. The summed E-state index contributed by atoms with van der Waals surface area (Å²) < 4.78 is 2.17. The number of anilines is 1. The lowest BCUT2D eigenvalue weighted by Gasteiger charge is -2.36. The van der Waals surface area contributed by atoms with Gasteiger partial charge in [0.25, 0.3) is 0 Å². The number of aliphatic hydroxyl groups excluding tert-OH is 1. The van der Waals surface area contributed by atoms with Gasteiger partial charge in [0.15, 0.2) is 0 Å². The van der Waals surface area contributed by atoms with Crippen molar-refractivity contribution in [1.82, 2.24) is 19.5 Å². The van der Waals surface area contributed by atoms with E-state index in [1.807, 2.05) is 30.7 Å². The Morgan fingerprint density at radius 2 is 1.84 bits per heavy atom. The molecular formula is C19H21N5O. The van der Waals surface area contributed by atoms with Crippen LogP contribution in [-0.2, 0) is 0 Å². The van der Waals surface area contributed by atoms with Crippen molar-refractivity contribution >= 4 is 16.9 Å². The second-order valence-corrected chi connectivity index (χ2v) is 7.24. The molecular weight excluding hydrogens is 314 g/mol. The van der Waals surface area contributed by atoms with Crippen LogP contribution in [0.2, 0.25) is 0 Å². The third-order valence-corrected chi connectivity index (χ3v) is 5.82. The van der Waals surface area contributed by atoms with Gasteiger partial charge in [0.2, 0.25) is 0 Å². The van der Waals surface area contributed by atoms with Crippen molar-refractivity contribution in [1.29, 1.82) is 0 Å². The topological polar surface area (TPSA) is 67.1 Å². The first-order valence-corrected chi connectivity index (χ1v) is 8.90. The quantitative estimate of drug-likeness (QED) is 0.778. The van der Waals surface area contributed by atoms with Crippen molar-refractivity contribution in [3.63, 3.8) is 0 Å². The minimum Gasteiger partial charge on any atom is -0.391 e. The lowest BCUT2D eigenvalue weighted by molar-refractivity contribution is 0.0375. The molecule has 6 nitrogen and oxygen atoms in total. The second-order valence-electron chi connectivity index (χ2n) is 7.24. The number of aliphatic hydroxyl groups is 1. The van der Waals surface area contributed by atoms with Gasteiger partial charge in [0.05, 0.1) is 35.7 Å². The third kappa shape index (κ3) is 2.48. The minimum absolute atomic E-state index is 0.0930. The Hall–Kier alpha value is -2.47. The molecule has 2 aromatic heterocycles. The molecule has 2 fully saturated rings. The summed E-state index contributed by atoms with van der Waals surface area (Å²) >= 11 is 0. The normalized spacial score (nSPS) is 29.1. The van der Waals surface area contributed by atoms with Crippen molar-refractivity contribution in [3.05, 3.63) is 49.2 Å². The van der Waals surface area contributed by atoms with Gasteiger partial charge in [-0.25, -0.2) is 9.97 Å². The fourth-order valence-corrected chi connectivity index (χ4v) is 4.59. The van der Waals surface area contributed by atoms with Crippen molar-refractivity contribution in [2.45, 2.75) is 25.0 Å². The van der Waals surface area contributed by atoms with E-state index in [-0.39, 0.29) is 12.1 Å². The van der Waals surface area contributed by atoms with Gasteiger partial charge < -0.3 is 14.6 Å². The Labute approximate surface area is 146 Å². The first-order chi connectivity index (χ1) is 12.3. The highest BCUT2D eigenvalue weighted by molar-refractivity contribution is 5.75. The minimum atomic E-state index is -0.333. The molecule has 25 heavy (non-hydrogen) atoms. The number of fused-ring (bicyclic) bond motifs is 2. The Morgan fingerprint density at radius 3 is 2.68 bits per heavy atom. The largest absolute Gasteiger partial charge is 0.391 e. The van der Waals surface area contributed by atoms with E-state index in [4.69, 9.17) is 0 Å². The number of aromatic nitrogens is 4. The average Bonchev–Trinajstić information content (AvgIpc) is 3.25. The van der Waals surface area contributed by atoms with Gasteiger partial charge in [-0.2, -0.15) is 0 Å². The highest BCUT2D eigenvalue weighted by Crippen LogP contribution is 2.42. The average molecular weight is 335 g/mol. The van der Waals surface area contributed by atoms with Crippen LogP contribution < -0.4 is 4.90 Å². The van der Waals surface area contributed by atoms with Gasteiger partial charge in [-0.05, 0) is 36.8 Å². The van der Waals surface area contributed by atoms with Crippen LogP contribution in [0.3, 0.4) is 0 Å². The van der Waals surface area contributed by atoms with Crippen LogP contribution >= 0.6 is 0 Å². The molecule has 1 aliphatic carbocycles. The van der Waals surface area contributed by atoms with Crippen LogP contribution in [0.1, 0.15) is 18.9 Å². The molecule has 0 spiro atoms. The van der Waals surface area contributed by atoms with Crippen LogP contribution in [-0.4, -0.2) is 43.8 Å². The molecule has 1 saturated carbocycles. The summed E-state index contributed by atoms with van der Waals surface area (Å²) in [6.45, 7) is 1.94. The maximum Gasteiger partial charge on any atom is 0.147 e. The SMILES string of the molecule is O[C@@H]1C[C@H]2CN(c3cnccn3)C[C@H]2C[C@H]1n1cnc2ccccc21. The van der Waals surface area contributed by atoms with Crippen molar-refractivity contribution in [2.75, 3.05) is 18.0 Å². The third-order valence-electron chi connectivity index (χ3n) is 5.82. The van der Waals surface area contributed by atoms with Crippen LogP contribution in [0.25, 0.3) is 11.0 Å². The fourth-order valence-electron chi connectivity index (χ4n) is 4.59. The van der Waals surface area contributed by atoms with Gasteiger partial charge >= 0.3 is 0 Å². The summed E-state index contributed by atoms with van der Waals surface area (Å²) in [5, 5.41) is 10.8. The lowest BCUT2D eigenvalue weighted by atomic mass is 9.77. The molecule has 1 aliphatic heterocycles. The van der Waals surface area contributed by atoms with Gasteiger partial charge in [-0.15, -0.1) is 0 Å².